The monoisotopic (exact) mass is 379 g/mol. The molecule has 28 heavy (non-hydrogen) atoms. The number of aliphatic hydroxyl groups excluding tert-OH is 1. The number of nitrogens with zero attached hydrogens (tertiary/aromatic N) is 3. The topological polar surface area (TPSA) is 92.1 Å². The van der Waals surface area contributed by atoms with E-state index < -0.39 is 6.10 Å². The molecule has 146 valence electrons. The molecule has 3 aromatic rings. The number of nitrogens with one attached hydrogen (secondary N) is 2. The van der Waals surface area contributed by atoms with Gasteiger partial charge in [-0.3, -0.25) is 4.79 Å². The zero-order valence-electron chi connectivity index (χ0n) is 16.1. The lowest BCUT2D eigenvalue weighted by molar-refractivity contribution is 0.171. The fourth-order valence-corrected chi connectivity index (χ4v) is 3.74. The Bertz CT molecular complexity index is 1060. The summed E-state index contributed by atoms with van der Waals surface area (Å²) in [7, 11) is 0. The van der Waals surface area contributed by atoms with Gasteiger partial charge in [-0.1, -0.05) is 0 Å². The highest BCUT2D eigenvalue weighted by Crippen LogP contribution is 2.28. The number of anilines is 3. The predicted molar refractivity (Wildman–Crippen MR) is 111 cm³/mol. The van der Waals surface area contributed by atoms with Crippen molar-refractivity contribution >= 4 is 28.2 Å². The molecule has 7 nitrogen and oxygen atoms in total. The Balaban J connectivity index is 1.80. The summed E-state index contributed by atoms with van der Waals surface area (Å²) in [6, 6.07) is 7.55. The van der Waals surface area contributed by atoms with Gasteiger partial charge in [0.05, 0.1) is 17.5 Å². The van der Waals surface area contributed by atoms with Crippen molar-refractivity contribution < 1.29 is 5.11 Å². The molecule has 1 fully saturated rings. The highest BCUT2D eigenvalue weighted by Gasteiger charge is 2.26. The van der Waals surface area contributed by atoms with Crippen LogP contribution in [0.5, 0.6) is 0 Å². The van der Waals surface area contributed by atoms with Crippen LogP contribution in [0, 0.1) is 6.92 Å². The third kappa shape index (κ3) is 3.57. The molecule has 2 unspecified atom stereocenters. The Morgan fingerprint density at radius 1 is 1.25 bits per heavy atom. The minimum absolute atomic E-state index is 0.0808. The molecule has 0 amide bonds. The number of aliphatic hydroxyl groups is 1. The standard InChI is InChI=1S/C21H25N5O2/c1-3-26-10-8-14-12-18(24-17-11-13(2)7-9-22-17)25-20(19(14)21(26)28)23-15-5-4-6-16(15)27/h7-12,15-16,27H,3-6H2,1-2H3,(H2,22,23,24,25). The van der Waals surface area contributed by atoms with Gasteiger partial charge in [-0.2, -0.15) is 0 Å². The molecule has 3 heterocycles. The van der Waals surface area contributed by atoms with Gasteiger partial charge in [0.25, 0.3) is 5.56 Å². The van der Waals surface area contributed by atoms with Gasteiger partial charge >= 0.3 is 0 Å². The van der Waals surface area contributed by atoms with Crippen molar-refractivity contribution in [1.82, 2.24) is 14.5 Å². The molecule has 0 saturated heterocycles. The highest BCUT2D eigenvalue weighted by molar-refractivity contribution is 5.93. The Morgan fingerprint density at radius 3 is 2.82 bits per heavy atom. The molecule has 2 atom stereocenters. The molecule has 3 N–H and O–H groups in total. The van der Waals surface area contributed by atoms with Crippen LogP contribution in [0.1, 0.15) is 31.7 Å². The fraction of sp³-hybridized carbons (Fsp3) is 0.381. The van der Waals surface area contributed by atoms with Gasteiger partial charge in [0.1, 0.15) is 17.5 Å². The van der Waals surface area contributed by atoms with Crippen LogP contribution >= 0.6 is 0 Å². The van der Waals surface area contributed by atoms with Crippen molar-refractivity contribution in [2.24, 2.45) is 0 Å². The van der Waals surface area contributed by atoms with E-state index in [1.165, 1.54) is 0 Å². The molecular weight excluding hydrogens is 354 g/mol. The van der Waals surface area contributed by atoms with Crippen molar-refractivity contribution in [3.8, 4) is 0 Å². The molecule has 0 spiro atoms. The van der Waals surface area contributed by atoms with Crippen LogP contribution in [0.3, 0.4) is 0 Å². The van der Waals surface area contributed by atoms with Gasteiger partial charge in [0.2, 0.25) is 0 Å². The van der Waals surface area contributed by atoms with E-state index >= 15 is 0 Å². The summed E-state index contributed by atoms with van der Waals surface area (Å²) in [4.78, 5) is 21.9. The molecule has 0 radical (unpaired) electrons. The molecule has 0 aromatic carbocycles. The van der Waals surface area contributed by atoms with Crippen molar-refractivity contribution in [2.75, 3.05) is 10.6 Å². The second kappa shape index (κ2) is 7.59. The van der Waals surface area contributed by atoms with Crippen LogP contribution in [0.4, 0.5) is 17.5 Å². The van der Waals surface area contributed by atoms with E-state index in [2.05, 4.69) is 20.6 Å². The maximum Gasteiger partial charge on any atom is 0.262 e. The molecule has 0 bridgehead atoms. The average molecular weight is 379 g/mol. The van der Waals surface area contributed by atoms with E-state index in [0.717, 1.165) is 30.2 Å². The number of aromatic nitrogens is 3. The Hall–Kier alpha value is -2.93. The van der Waals surface area contributed by atoms with Crippen molar-refractivity contribution in [2.45, 2.75) is 51.8 Å². The Morgan fingerprint density at radius 2 is 2.11 bits per heavy atom. The first-order valence-electron chi connectivity index (χ1n) is 9.73. The zero-order chi connectivity index (χ0) is 19.7. The van der Waals surface area contributed by atoms with E-state index in [1.54, 1.807) is 17.0 Å². The Kier molecular flexibility index (Phi) is 5.00. The average Bonchev–Trinajstić information content (AvgIpc) is 3.06. The lowest BCUT2D eigenvalue weighted by Crippen LogP contribution is -2.30. The first kappa shape index (κ1) is 18.4. The van der Waals surface area contributed by atoms with Gasteiger partial charge in [-0.15, -0.1) is 0 Å². The first-order valence-corrected chi connectivity index (χ1v) is 9.73. The molecule has 1 saturated carbocycles. The lowest BCUT2D eigenvalue weighted by Gasteiger charge is -2.19. The second-order valence-electron chi connectivity index (χ2n) is 7.32. The SMILES string of the molecule is CCn1ccc2cc(Nc3cc(C)ccn3)nc(NC3CCCC3O)c2c1=O. The van der Waals surface area contributed by atoms with Gasteiger partial charge in [0.15, 0.2) is 0 Å². The summed E-state index contributed by atoms with van der Waals surface area (Å²) < 4.78 is 1.66. The number of hydrogen-bond donors (Lipinski definition) is 3. The normalized spacial score (nSPS) is 19.1. The summed E-state index contributed by atoms with van der Waals surface area (Å²) in [6.45, 7) is 4.53. The highest BCUT2D eigenvalue weighted by atomic mass is 16.3. The maximum atomic E-state index is 12.9. The van der Waals surface area contributed by atoms with Gasteiger partial charge in [0, 0.05) is 18.9 Å². The molecule has 4 rings (SSSR count). The van der Waals surface area contributed by atoms with E-state index in [0.29, 0.717) is 29.4 Å². The fourth-order valence-electron chi connectivity index (χ4n) is 3.74. The second-order valence-corrected chi connectivity index (χ2v) is 7.32. The van der Waals surface area contributed by atoms with Gasteiger partial charge in [-0.05, 0) is 68.3 Å². The van der Waals surface area contributed by atoms with Crippen LogP contribution in [-0.2, 0) is 6.54 Å². The molecule has 1 aliphatic carbocycles. The van der Waals surface area contributed by atoms with Gasteiger partial charge < -0.3 is 20.3 Å². The Labute approximate surface area is 163 Å². The molecule has 7 heteroatoms. The number of fused-ring (bicyclic) bond motifs is 1. The number of hydrogen-bond acceptors (Lipinski definition) is 6. The molecule has 0 aliphatic heterocycles. The van der Waals surface area contributed by atoms with Crippen LogP contribution in [0.2, 0.25) is 0 Å². The van der Waals surface area contributed by atoms with E-state index in [4.69, 9.17) is 0 Å². The van der Waals surface area contributed by atoms with Gasteiger partial charge in [-0.25, -0.2) is 9.97 Å². The van der Waals surface area contributed by atoms with Crippen LogP contribution in [-0.4, -0.2) is 31.8 Å². The van der Waals surface area contributed by atoms with Crippen molar-refractivity contribution in [1.29, 1.82) is 0 Å². The lowest BCUT2D eigenvalue weighted by atomic mass is 10.1. The van der Waals surface area contributed by atoms with Crippen LogP contribution < -0.4 is 16.2 Å². The van der Waals surface area contributed by atoms with E-state index in [-0.39, 0.29) is 11.6 Å². The number of aryl methyl sites for hydroxylation is 2. The van der Waals surface area contributed by atoms with Crippen molar-refractivity contribution in [3.63, 3.8) is 0 Å². The molecule has 1 aliphatic rings. The summed E-state index contributed by atoms with van der Waals surface area (Å²) >= 11 is 0. The number of pyridine rings is 3. The minimum Gasteiger partial charge on any atom is -0.391 e. The zero-order valence-corrected chi connectivity index (χ0v) is 16.1. The first-order chi connectivity index (χ1) is 13.5. The van der Waals surface area contributed by atoms with Crippen LogP contribution in [0.25, 0.3) is 10.8 Å². The quantitative estimate of drug-likeness (QED) is 0.631. The number of rotatable bonds is 5. The van der Waals surface area contributed by atoms with Crippen molar-refractivity contribution in [3.05, 3.63) is 52.6 Å². The van der Waals surface area contributed by atoms with E-state index in [1.807, 2.05) is 38.1 Å². The minimum atomic E-state index is -0.427. The van der Waals surface area contributed by atoms with Crippen LogP contribution in [0.15, 0.2) is 41.5 Å². The summed E-state index contributed by atoms with van der Waals surface area (Å²) in [5, 5.41) is 18.1. The molecule has 3 aromatic heterocycles. The predicted octanol–water partition coefficient (Wildman–Crippen LogP) is 3.19. The summed E-state index contributed by atoms with van der Waals surface area (Å²) in [5.74, 6) is 1.81. The third-order valence-corrected chi connectivity index (χ3v) is 5.27. The third-order valence-electron chi connectivity index (χ3n) is 5.27. The largest absolute Gasteiger partial charge is 0.391 e. The van der Waals surface area contributed by atoms with E-state index in [9.17, 15) is 9.90 Å². The smallest absolute Gasteiger partial charge is 0.262 e. The summed E-state index contributed by atoms with van der Waals surface area (Å²) in [5.41, 5.74) is 1.01. The summed E-state index contributed by atoms with van der Waals surface area (Å²) in [6.07, 6.45) is 5.70. The maximum absolute atomic E-state index is 12.9. The molecular formula is C21H25N5O2.